The lowest BCUT2D eigenvalue weighted by atomic mass is 9.82. The highest BCUT2D eigenvalue weighted by Crippen LogP contribution is 2.39. The molecule has 3 aliphatic rings. The Morgan fingerprint density at radius 1 is 1.11 bits per heavy atom. The first-order chi connectivity index (χ1) is 9.10. The first-order valence-electron chi connectivity index (χ1n) is 7.89. The van der Waals surface area contributed by atoms with E-state index in [2.05, 4.69) is 18.7 Å². The van der Waals surface area contributed by atoms with Crippen LogP contribution in [-0.4, -0.2) is 48.6 Å². The van der Waals surface area contributed by atoms with Gasteiger partial charge >= 0.3 is 0 Å². The highest BCUT2D eigenvalue weighted by atomic mass is 16.7. The van der Waals surface area contributed by atoms with Crippen molar-refractivity contribution in [2.75, 3.05) is 19.8 Å². The molecule has 2 N–H and O–H groups in total. The summed E-state index contributed by atoms with van der Waals surface area (Å²) in [6, 6.07) is 1.33. The highest BCUT2D eigenvalue weighted by molar-refractivity contribution is 4.97. The molecule has 0 amide bonds. The first kappa shape index (κ1) is 13.8. The fourth-order valence-electron chi connectivity index (χ4n) is 4.06. The number of hydrogen-bond donors (Lipinski definition) is 1. The van der Waals surface area contributed by atoms with Crippen molar-refractivity contribution in [3.05, 3.63) is 0 Å². The van der Waals surface area contributed by atoms with Crippen LogP contribution in [0.15, 0.2) is 0 Å². The van der Waals surface area contributed by atoms with Crippen molar-refractivity contribution in [1.29, 1.82) is 0 Å². The van der Waals surface area contributed by atoms with Crippen molar-refractivity contribution < 1.29 is 9.47 Å². The number of nitrogens with two attached hydrogens (primary N) is 1. The molecule has 0 bridgehead atoms. The predicted molar refractivity (Wildman–Crippen MR) is 74.8 cm³/mol. The minimum Gasteiger partial charge on any atom is -0.347 e. The smallest absolute Gasteiger partial charge is 0.170 e. The molecule has 2 aliphatic heterocycles. The SMILES string of the molecule is CC1CCC(C)N(C2CC3(CCC2N)OCCO3)C1. The van der Waals surface area contributed by atoms with E-state index in [1.807, 2.05) is 0 Å². The Morgan fingerprint density at radius 2 is 1.84 bits per heavy atom. The Labute approximate surface area is 116 Å². The van der Waals surface area contributed by atoms with E-state index in [4.69, 9.17) is 15.2 Å². The third-order valence-electron chi connectivity index (χ3n) is 5.28. The van der Waals surface area contributed by atoms with Gasteiger partial charge in [0.1, 0.15) is 0 Å². The minimum atomic E-state index is -0.319. The van der Waals surface area contributed by atoms with Gasteiger partial charge in [-0.15, -0.1) is 0 Å². The van der Waals surface area contributed by atoms with E-state index < -0.39 is 0 Å². The van der Waals surface area contributed by atoms with E-state index in [-0.39, 0.29) is 11.8 Å². The lowest BCUT2D eigenvalue weighted by Gasteiger charge is -2.49. The van der Waals surface area contributed by atoms with Gasteiger partial charge in [-0.3, -0.25) is 4.90 Å². The van der Waals surface area contributed by atoms with Crippen LogP contribution in [-0.2, 0) is 9.47 Å². The van der Waals surface area contributed by atoms with E-state index in [0.29, 0.717) is 12.1 Å². The van der Waals surface area contributed by atoms with Crippen molar-refractivity contribution >= 4 is 0 Å². The molecule has 0 radical (unpaired) electrons. The van der Waals surface area contributed by atoms with E-state index in [9.17, 15) is 0 Å². The van der Waals surface area contributed by atoms with Gasteiger partial charge < -0.3 is 15.2 Å². The van der Waals surface area contributed by atoms with E-state index in [0.717, 1.165) is 38.4 Å². The minimum absolute atomic E-state index is 0.270. The van der Waals surface area contributed by atoms with Crippen LogP contribution in [0, 0.1) is 5.92 Å². The molecule has 1 saturated carbocycles. The molecule has 1 spiro atoms. The Bertz CT molecular complexity index is 317. The zero-order chi connectivity index (χ0) is 13.5. The summed E-state index contributed by atoms with van der Waals surface area (Å²) >= 11 is 0. The fourth-order valence-corrected chi connectivity index (χ4v) is 4.06. The monoisotopic (exact) mass is 268 g/mol. The summed E-state index contributed by atoms with van der Waals surface area (Å²) in [6.07, 6.45) is 5.56. The third kappa shape index (κ3) is 2.68. The third-order valence-corrected chi connectivity index (χ3v) is 5.28. The van der Waals surface area contributed by atoms with Gasteiger partial charge in [0.2, 0.25) is 0 Å². The summed E-state index contributed by atoms with van der Waals surface area (Å²) in [4.78, 5) is 2.63. The lowest BCUT2D eigenvalue weighted by Crippen LogP contribution is -2.60. The molecule has 3 rings (SSSR count). The maximum Gasteiger partial charge on any atom is 0.170 e. The number of ether oxygens (including phenoxy) is 2. The highest BCUT2D eigenvalue weighted by Gasteiger charge is 2.47. The van der Waals surface area contributed by atoms with Crippen LogP contribution in [0.1, 0.15) is 46.0 Å². The largest absolute Gasteiger partial charge is 0.347 e. The van der Waals surface area contributed by atoms with Crippen LogP contribution >= 0.6 is 0 Å². The van der Waals surface area contributed by atoms with Crippen LogP contribution < -0.4 is 5.73 Å². The normalized spacial score (nSPS) is 43.7. The van der Waals surface area contributed by atoms with Crippen LogP contribution in [0.25, 0.3) is 0 Å². The topological polar surface area (TPSA) is 47.7 Å². The summed E-state index contributed by atoms with van der Waals surface area (Å²) in [5.74, 6) is 0.465. The second-order valence-electron chi connectivity index (χ2n) is 6.81. The average Bonchev–Trinajstić information content (AvgIpc) is 2.84. The first-order valence-corrected chi connectivity index (χ1v) is 7.89. The van der Waals surface area contributed by atoms with Crippen molar-refractivity contribution in [2.24, 2.45) is 11.7 Å². The summed E-state index contributed by atoms with van der Waals surface area (Å²) < 4.78 is 11.8. The van der Waals surface area contributed by atoms with Gasteiger partial charge in [-0.05, 0) is 32.1 Å². The molecule has 4 atom stereocenters. The summed E-state index contributed by atoms with van der Waals surface area (Å²) in [5, 5.41) is 0. The second kappa shape index (κ2) is 5.32. The molecule has 3 fully saturated rings. The summed E-state index contributed by atoms with van der Waals surface area (Å²) in [5.41, 5.74) is 6.42. The molecule has 2 heterocycles. The second-order valence-corrected chi connectivity index (χ2v) is 6.81. The van der Waals surface area contributed by atoms with Crippen LogP contribution in [0.5, 0.6) is 0 Å². The van der Waals surface area contributed by atoms with Crippen LogP contribution in [0.4, 0.5) is 0 Å². The number of likely N-dealkylation sites (tertiary alicyclic amines) is 1. The Kier molecular flexibility index (Phi) is 3.87. The van der Waals surface area contributed by atoms with Crippen molar-refractivity contribution in [2.45, 2.75) is 69.9 Å². The standard InChI is InChI=1S/C15H28N2O2/c1-11-3-4-12(2)17(10-11)14-9-15(6-5-13(14)16)18-7-8-19-15/h11-14H,3-10,16H2,1-2H3. The summed E-state index contributed by atoms with van der Waals surface area (Å²) in [7, 11) is 0. The maximum atomic E-state index is 6.42. The van der Waals surface area contributed by atoms with Crippen molar-refractivity contribution in [3.8, 4) is 0 Å². The maximum absolute atomic E-state index is 6.42. The van der Waals surface area contributed by atoms with Crippen LogP contribution in [0.2, 0.25) is 0 Å². The average molecular weight is 268 g/mol. The van der Waals surface area contributed by atoms with Crippen LogP contribution in [0.3, 0.4) is 0 Å². The number of piperidine rings is 1. The van der Waals surface area contributed by atoms with Gasteiger partial charge in [0.25, 0.3) is 0 Å². The molecule has 0 aromatic heterocycles. The van der Waals surface area contributed by atoms with Gasteiger partial charge in [0.05, 0.1) is 13.2 Å². The molecule has 1 aliphatic carbocycles. The number of nitrogens with zero attached hydrogens (tertiary/aromatic N) is 1. The molecule has 110 valence electrons. The molecular formula is C15H28N2O2. The molecule has 4 heteroatoms. The Hall–Kier alpha value is -0.160. The van der Waals surface area contributed by atoms with Gasteiger partial charge in [-0.25, -0.2) is 0 Å². The van der Waals surface area contributed by atoms with Gasteiger partial charge in [-0.2, -0.15) is 0 Å². The zero-order valence-electron chi connectivity index (χ0n) is 12.3. The summed E-state index contributed by atoms with van der Waals surface area (Å²) in [6.45, 7) is 7.36. The molecule has 0 aromatic carbocycles. The van der Waals surface area contributed by atoms with Crippen molar-refractivity contribution in [1.82, 2.24) is 4.90 Å². The van der Waals surface area contributed by atoms with Crippen molar-refractivity contribution in [3.63, 3.8) is 0 Å². The molecular weight excluding hydrogens is 240 g/mol. The van der Waals surface area contributed by atoms with Gasteiger partial charge in [-0.1, -0.05) is 6.92 Å². The lowest BCUT2D eigenvalue weighted by molar-refractivity contribution is -0.195. The van der Waals surface area contributed by atoms with Gasteiger partial charge in [0, 0.05) is 37.5 Å². The predicted octanol–water partition coefficient (Wildman–Crippen LogP) is 1.73. The Balaban J connectivity index is 1.73. The molecule has 4 unspecified atom stereocenters. The van der Waals surface area contributed by atoms with Gasteiger partial charge in [0.15, 0.2) is 5.79 Å². The quantitative estimate of drug-likeness (QED) is 0.787. The molecule has 4 nitrogen and oxygen atoms in total. The fraction of sp³-hybridized carbons (Fsp3) is 1.00. The molecule has 2 saturated heterocycles. The zero-order valence-corrected chi connectivity index (χ0v) is 12.3. The number of hydrogen-bond acceptors (Lipinski definition) is 4. The molecule has 0 aromatic rings. The Morgan fingerprint density at radius 3 is 2.58 bits per heavy atom. The van der Waals surface area contributed by atoms with E-state index in [1.54, 1.807) is 0 Å². The molecule has 19 heavy (non-hydrogen) atoms. The number of rotatable bonds is 1. The van der Waals surface area contributed by atoms with E-state index >= 15 is 0 Å². The van der Waals surface area contributed by atoms with E-state index in [1.165, 1.54) is 19.4 Å².